The van der Waals surface area contributed by atoms with E-state index >= 15 is 0 Å². The van der Waals surface area contributed by atoms with Gasteiger partial charge in [-0.2, -0.15) is 0 Å². The van der Waals surface area contributed by atoms with Crippen LogP contribution in [0.5, 0.6) is 11.5 Å². The van der Waals surface area contributed by atoms with Crippen LogP contribution in [0.25, 0.3) is 10.8 Å². The molecule has 0 spiro atoms. The second-order valence-corrected chi connectivity index (χ2v) is 9.90. The van der Waals surface area contributed by atoms with Gasteiger partial charge in [-0.3, -0.25) is 9.59 Å². The largest absolute Gasteiger partial charge is 0.468 e. The third-order valence-electron chi connectivity index (χ3n) is 7.95. The lowest BCUT2D eigenvalue weighted by Crippen LogP contribution is -2.40. The average molecular weight is 504 g/mol. The summed E-state index contributed by atoms with van der Waals surface area (Å²) in [6.45, 7) is 0.156. The predicted octanol–water partition coefficient (Wildman–Crippen LogP) is 5.93. The van der Waals surface area contributed by atoms with Crippen LogP contribution in [0.15, 0.2) is 96.2 Å². The number of esters is 1. The molecule has 188 valence electrons. The van der Waals surface area contributed by atoms with Crippen LogP contribution < -0.4 is 14.8 Å². The molecule has 0 saturated heterocycles. The summed E-state index contributed by atoms with van der Waals surface area (Å²) in [5.41, 5.74) is 5.35. The number of Topliss-reactive ketones (excluding diaryl/α,β-unsaturated/α-hetero) is 1. The zero-order chi connectivity index (χ0) is 25.8. The van der Waals surface area contributed by atoms with Crippen LogP contribution in [0.4, 0.5) is 5.69 Å². The molecule has 0 amide bonds. The van der Waals surface area contributed by atoms with Crippen LogP contribution in [0, 0.1) is 5.92 Å². The molecular formula is C32H25NO5. The maximum absolute atomic E-state index is 14.5. The van der Waals surface area contributed by atoms with E-state index in [4.69, 9.17) is 14.2 Å². The first-order valence-corrected chi connectivity index (χ1v) is 12.7. The molecule has 4 aromatic rings. The molecule has 3 atom stereocenters. The topological polar surface area (TPSA) is 73.9 Å². The van der Waals surface area contributed by atoms with Gasteiger partial charge in [0.05, 0.1) is 7.11 Å². The molecule has 0 saturated carbocycles. The van der Waals surface area contributed by atoms with Crippen molar-refractivity contribution in [3.05, 3.63) is 113 Å². The molecule has 2 aliphatic heterocycles. The third kappa shape index (κ3) is 3.40. The van der Waals surface area contributed by atoms with E-state index in [1.807, 2.05) is 48.5 Å². The molecule has 6 heteroatoms. The van der Waals surface area contributed by atoms with Crippen LogP contribution in [0.1, 0.15) is 34.9 Å². The second kappa shape index (κ2) is 8.77. The second-order valence-electron chi connectivity index (χ2n) is 9.90. The monoisotopic (exact) mass is 503 g/mol. The first kappa shape index (κ1) is 22.6. The minimum absolute atomic E-state index is 0.156. The summed E-state index contributed by atoms with van der Waals surface area (Å²) in [6.07, 6.45) is 0.482. The SMILES string of the molecule is COC(=O)[C@@H]1C(=O)C2=C(C[C@H]1c1ccc3c(c1)OCO3)Nc1ccc3ccccc3c1[C@H]2c1ccccc1. The molecule has 2 heterocycles. The Morgan fingerprint density at radius 1 is 0.895 bits per heavy atom. The van der Waals surface area contributed by atoms with Gasteiger partial charge in [0.2, 0.25) is 6.79 Å². The zero-order valence-corrected chi connectivity index (χ0v) is 20.8. The Labute approximate surface area is 219 Å². The van der Waals surface area contributed by atoms with Gasteiger partial charge in [0.1, 0.15) is 5.92 Å². The van der Waals surface area contributed by atoms with Crippen LogP contribution in [-0.4, -0.2) is 25.7 Å². The number of ketones is 1. The highest BCUT2D eigenvalue weighted by Gasteiger charge is 2.48. The van der Waals surface area contributed by atoms with Crippen molar-refractivity contribution < 1.29 is 23.8 Å². The molecule has 38 heavy (non-hydrogen) atoms. The van der Waals surface area contributed by atoms with Crippen molar-refractivity contribution in [2.24, 2.45) is 5.92 Å². The number of benzene rings is 4. The molecule has 1 aliphatic carbocycles. The highest BCUT2D eigenvalue weighted by molar-refractivity contribution is 6.13. The minimum atomic E-state index is -0.969. The minimum Gasteiger partial charge on any atom is -0.468 e. The molecular weight excluding hydrogens is 478 g/mol. The van der Waals surface area contributed by atoms with Crippen LogP contribution >= 0.6 is 0 Å². The molecule has 1 N–H and O–H groups in total. The van der Waals surface area contributed by atoms with Crippen molar-refractivity contribution in [1.29, 1.82) is 0 Å². The lowest BCUT2D eigenvalue weighted by atomic mass is 9.66. The van der Waals surface area contributed by atoms with Crippen molar-refractivity contribution in [2.75, 3.05) is 19.2 Å². The lowest BCUT2D eigenvalue weighted by molar-refractivity contribution is -0.149. The van der Waals surface area contributed by atoms with Gasteiger partial charge in [0, 0.05) is 28.8 Å². The number of hydrogen-bond donors (Lipinski definition) is 1. The number of fused-ring (bicyclic) bond motifs is 4. The molecule has 7 rings (SSSR count). The number of carbonyl (C=O) groups is 2. The van der Waals surface area contributed by atoms with Gasteiger partial charge < -0.3 is 19.5 Å². The predicted molar refractivity (Wildman–Crippen MR) is 143 cm³/mol. The summed E-state index contributed by atoms with van der Waals surface area (Å²) < 4.78 is 16.3. The Kier molecular flexibility index (Phi) is 5.22. The molecule has 0 fully saturated rings. The Morgan fingerprint density at radius 3 is 2.53 bits per heavy atom. The first-order valence-electron chi connectivity index (χ1n) is 12.7. The fraction of sp³-hybridized carbons (Fsp3) is 0.188. The Bertz CT molecular complexity index is 1640. The summed E-state index contributed by atoms with van der Waals surface area (Å²) in [6, 6.07) is 28.1. The van der Waals surface area contributed by atoms with Crippen molar-refractivity contribution in [2.45, 2.75) is 18.3 Å². The number of allylic oxidation sites excluding steroid dienone is 2. The number of anilines is 1. The molecule has 6 nitrogen and oxygen atoms in total. The lowest BCUT2D eigenvalue weighted by Gasteiger charge is -2.40. The summed E-state index contributed by atoms with van der Waals surface area (Å²) >= 11 is 0. The summed E-state index contributed by atoms with van der Waals surface area (Å²) in [5.74, 6) is -1.15. The molecule has 0 aromatic heterocycles. The first-order chi connectivity index (χ1) is 18.6. The number of methoxy groups -OCH3 is 1. The van der Waals surface area contributed by atoms with Gasteiger partial charge in [-0.05, 0) is 52.1 Å². The fourth-order valence-electron chi connectivity index (χ4n) is 6.24. The number of ether oxygens (including phenoxy) is 3. The fourth-order valence-corrected chi connectivity index (χ4v) is 6.24. The molecule has 0 bridgehead atoms. The van der Waals surface area contributed by atoms with Crippen molar-refractivity contribution in [3.8, 4) is 11.5 Å². The smallest absolute Gasteiger partial charge is 0.317 e. The van der Waals surface area contributed by atoms with E-state index in [2.05, 4.69) is 41.7 Å². The van der Waals surface area contributed by atoms with Gasteiger partial charge >= 0.3 is 5.97 Å². The quantitative estimate of drug-likeness (QED) is 0.276. The van der Waals surface area contributed by atoms with Gasteiger partial charge in [-0.15, -0.1) is 0 Å². The van der Waals surface area contributed by atoms with Crippen LogP contribution in [0.2, 0.25) is 0 Å². The van der Waals surface area contributed by atoms with Gasteiger partial charge in [-0.1, -0.05) is 66.7 Å². The summed E-state index contributed by atoms with van der Waals surface area (Å²) in [7, 11) is 1.34. The van der Waals surface area contributed by atoms with Gasteiger partial charge in [-0.25, -0.2) is 0 Å². The zero-order valence-electron chi connectivity index (χ0n) is 20.8. The van der Waals surface area contributed by atoms with E-state index in [9.17, 15) is 9.59 Å². The summed E-state index contributed by atoms with van der Waals surface area (Å²) in [5, 5.41) is 5.78. The van der Waals surface area contributed by atoms with E-state index in [0.717, 1.165) is 38.8 Å². The summed E-state index contributed by atoms with van der Waals surface area (Å²) in [4.78, 5) is 27.7. The van der Waals surface area contributed by atoms with Gasteiger partial charge in [0.25, 0.3) is 0 Å². The number of hydrogen-bond acceptors (Lipinski definition) is 6. The van der Waals surface area contributed by atoms with Crippen molar-refractivity contribution in [1.82, 2.24) is 0 Å². The van der Waals surface area contributed by atoms with E-state index in [1.54, 1.807) is 0 Å². The molecule has 0 radical (unpaired) electrons. The molecule has 3 aliphatic rings. The highest BCUT2D eigenvalue weighted by Crippen LogP contribution is 2.52. The Morgan fingerprint density at radius 2 is 1.68 bits per heavy atom. The van der Waals surface area contributed by atoms with E-state index in [1.165, 1.54) is 7.11 Å². The van der Waals surface area contributed by atoms with E-state index in [-0.39, 0.29) is 18.5 Å². The standard InChI is InChI=1S/C32H25NO5/c1-36-32(35)29-22(20-12-14-25-26(15-20)38-17-37-25)16-24-30(31(29)34)27(19-8-3-2-4-9-19)28-21-10-6-5-7-18(21)11-13-23(28)33-24/h2-15,22,27,29,33H,16-17H2,1H3/t22-,27+,29-/m0/s1. The van der Waals surface area contributed by atoms with E-state index in [0.29, 0.717) is 23.5 Å². The average Bonchev–Trinajstić information content (AvgIpc) is 3.44. The number of rotatable bonds is 3. The molecule has 4 aromatic carbocycles. The maximum Gasteiger partial charge on any atom is 0.317 e. The normalized spacial score (nSPS) is 21.5. The third-order valence-corrected chi connectivity index (χ3v) is 7.95. The Balaban J connectivity index is 1.43. The van der Waals surface area contributed by atoms with Crippen molar-refractivity contribution in [3.63, 3.8) is 0 Å². The van der Waals surface area contributed by atoms with Gasteiger partial charge in [0.15, 0.2) is 17.3 Å². The van der Waals surface area contributed by atoms with Crippen LogP contribution in [-0.2, 0) is 14.3 Å². The van der Waals surface area contributed by atoms with Crippen LogP contribution in [0.3, 0.4) is 0 Å². The molecule has 0 unspecified atom stereocenters. The maximum atomic E-state index is 14.5. The van der Waals surface area contributed by atoms with E-state index < -0.39 is 17.8 Å². The highest BCUT2D eigenvalue weighted by atomic mass is 16.7. The van der Waals surface area contributed by atoms with Crippen molar-refractivity contribution >= 4 is 28.2 Å². The Hall–Kier alpha value is -4.58. The number of nitrogens with one attached hydrogen (secondary N) is 1. The number of carbonyl (C=O) groups excluding carboxylic acids is 2.